The van der Waals surface area contributed by atoms with Gasteiger partial charge in [-0.25, -0.2) is 0 Å². The van der Waals surface area contributed by atoms with E-state index >= 15 is 0 Å². The van der Waals surface area contributed by atoms with Crippen LogP contribution >= 0.6 is 11.4 Å². The quantitative estimate of drug-likeness (QED) is 0.0450. The number of rotatable bonds is 24. The average Bonchev–Trinajstić information content (AvgIpc) is 2.79. The Labute approximate surface area is 269 Å². The summed E-state index contributed by atoms with van der Waals surface area (Å²) < 4.78 is 22.0. The number of unbranched alkanes of at least 4 members (excludes halogenated alkanes) is 12. The molecule has 0 aromatic heterocycles. The van der Waals surface area contributed by atoms with Crippen molar-refractivity contribution in [3.63, 3.8) is 0 Å². The molecule has 0 heterocycles. The predicted molar refractivity (Wildman–Crippen MR) is 169 cm³/mol. The Balaban J connectivity index is -0.000000569. The van der Waals surface area contributed by atoms with Gasteiger partial charge >= 0.3 is 37.7 Å². The Morgan fingerprint density at radius 2 is 0.629 bits per heavy atom. The van der Waals surface area contributed by atoms with Crippen LogP contribution in [0.2, 0.25) is 0 Å². The van der Waals surface area contributed by atoms with Crippen molar-refractivity contribution < 1.29 is 18.1 Å². The fourth-order valence-corrected chi connectivity index (χ4v) is 6.24. The van der Waals surface area contributed by atoms with Gasteiger partial charge in [0.1, 0.15) is 0 Å². The van der Waals surface area contributed by atoms with E-state index in [-0.39, 0.29) is 37.7 Å². The summed E-state index contributed by atoms with van der Waals surface area (Å²) in [5, 5.41) is 0. The summed E-state index contributed by atoms with van der Waals surface area (Å²) in [5.74, 6) is 0. The van der Waals surface area contributed by atoms with Crippen molar-refractivity contribution in [2.75, 3.05) is 26.4 Å². The summed E-state index contributed by atoms with van der Waals surface area (Å²) in [6.45, 7) is 11.4. The van der Waals surface area contributed by atoms with Crippen LogP contribution in [0.5, 0.6) is 0 Å². The zero-order chi connectivity index (χ0) is 26.0. The Kier molecular flexibility index (Phi) is 38.5. The van der Waals surface area contributed by atoms with E-state index in [9.17, 15) is 0 Å². The molecule has 0 amide bonds. The molecule has 0 saturated carbocycles. The second-order valence-electron chi connectivity index (χ2n) is 8.47. The van der Waals surface area contributed by atoms with E-state index in [0.717, 1.165) is 25.7 Å². The average molecular weight is 635 g/mol. The van der Waals surface area contributed by atoms with Crippen LogP contribution in [-0.2, 0) is 66.2 Å². The van der Waals surface area contributed by atoms with Gasteiger partial charge < -0.3 is 42.6 Å². The molecule has 208 valence electrons. The monoisotopic (exact) mass is 634 g/mol. The molecule has 0 aromatic rings. The molecule has 0 spiro atoms. The molecule has 0 atom stereocenters. The van der Waals surface area contributed by atoms with Crippen LogP contribution in [0.15, 0.2) is 0 Å². The van der Waals surface area contributed by atoms with Gasteiger partial charge in [0.15, 0.2) is 0 Å². The van der Waals surface area contributed by atoms with Crippen LogP contribution in [0.1, 0.15) is 130 Å². The van der Waals surface area contributed by atoms with Gasteiger partial charge in [0, 0.05) is 0 Å². The van der Waals surface area contributed by atoms with Gasteiger partial charge in [-0.15, -0.1) is 0 Å². The molecule has 0 N–H and O–H groups in total. The van der Waals surface area contributed by atoms with Gasteiger partial charge in [-0.3, -0.25) is 0 Å². The van der Waals surface area contributed by atoms with E-state index in [0.29, 0.717) is 26.4 Å². The first-order chi connectivity index (χ1) is 16.2. The van der Waals surface area contributed by atoms with E-state index < -0.39 is 11.4 Å². The molecule has 0 aliphatic rings. The molecule has 11 heteroatoms. The van der Waals surface area contributed by atoms with Crippen LogP contribution < -0.4 is 0 Å². The zero-order valence-corrected chi connectivity index (χ0v) is 30.3. The normalized spacial score (nSPS) is 11.6. The smallest absolute Gasteiger partial charge is 0.691 e. The summed E-state index contributed by atoms with van der Waals surface area (Å²) in [4.78, 5) is 0. The van der Waals surface area contributed by atoms with Crippen molar-refractivity contribution in [1.82, 2.24) is 0 Å². The first-order valence-electron chi connectivity index (χ1n) is 13.4. The van der Waals surface area contributed by atoms with Gasteiger partial charge in [-0.2, -0.15) is 0 Å². The molecule has 0 rings (SSSR count). The SMILES string of the molecule is CCCCCCOP(=S)([S-])OCCCCCC.CCCCCCOP(=S)([S-])OCCCCCC.[Ca+2]. The molecule has 0 bridgehead atoms. The van der Waals surface area contributed by atoms with E-state index in [4.69, 9.17) is 66.2 Å². The van der Waals surface area contributed by atoms with Crippen molar-refractivity contribution in [3.8, 4) is 0 Å². The van der Waals surface area contributed by atoms with Crippen LogP contribution in [0.4, 0.5) is 0 Å². The van der Waals surface area contributed by atoms with Crippen LogP contribution in [0.3, 0.4) is 0 Å². The fraction of sp³-hybridized carbons (Fsp3) is 1.00. The van der Waals surface area contributed by atoms with Gasteiger partial charge in [0.25, 0.3) is 0 Å². The van der Waals surface area contributed by atoms with Crippen molar-refractivity contribution >= 4 is 97.2 Å². The third-order valence-electron chi connectivity index (χ3n) is 4.99. The summed E-state index contributed by atoms with van der Waals surface area (Å²) in [5.41, 5.74) is -4.75. The molecule has 4 nitrogen and oxygen atoms in total. The summed E-state index contributed by atoms with van der Waals surface area (Å²) in [6, 6.07) is 0. The second-order valence-corrected chi connectivity index (χ2v) is 18.4. The van der Waals surface area contributed by atoms with Crippen LogP contribution in [0, 0.1) is 0 Å². The molecule has 35 heavy (non-hydrogen) atoms. The Morgan fingerprint density at radius 3 is 0.800 bits per heavy atom. The van der Waals surface area contributed by atoms with Gasteiger partial charge in [0.05, 0.1) is 37.8 Å². The summed E-state index contributed by atoms with van der Waals surface area (Å²) >= 11 is 20.7. The van der Waals surface area contributed by atoms with Crippen LogP contribution in [0.25, 0.3) is 0 Å². The van der Waals surface area contributed by atoms with Gasteiger partial charge in [-0.05, 0) is 25.7 Å². The maximum atomic E-state index is 5.50. The van der Waals surface area contributed by atoms with Crippen molar-refractivity contribution in [3.05, 3.63) is 0 Å². The van der Waals surface area contributed by atoms with Crippen molar-refractivity contribution in [2.45, 2.75) is 130 Å². The number of hydrogen-bond donors (Lipinski definition) is 0. The van der Waals surface area contributed by atoms with Crippen molar-refractivity contribution in [1.29, 1.82) is 0 Å². The molecule has 0 fully saturated rings. The molecule has 0 radical (unpaired) electrons. The predicted octanol–water partition coefficient (Wildman–Crippen LogP) is 9.52. The third-order valence-corrected chi connectivity index (χ3v) is 9.51. The van der Waals surface area contributed by atoms with Gasteiger partial charge in [0.2, 0.25) is 0 Å². The maximum Gasteiger partial charge on any atom is 2.00 e. The Hall–Kier alpha value is 3.10. The van der Waals surface area contributed by atoms with E-state index in [1.807, 2.05) is 0 Å². The zero-order valence-electron chi connectivity index (χ0n) is 23.0. The molecule has 0 aromatic carbocycles. The Morgan fingerprint density at radius 1 is 0.429 bits per heavy atom. The minimum Gasteiger partial charge on any atom is -0.691 e. The minimum atomic E-state index is -2.37. The first-order valence-corrected chi connectivity index (χ1v) is 20.7. The molecule has 0 aliphatic carbocycles. The molecular formula is C24H52CaO4P2S4. The molecule has 0 saturated heterocycles. The summed E-state index contributed by atoms with van der Waals surface area (Å²) in [6.07, 6.45) is 18.9. The maximum absolute atomic E-state index is 5.50. The van der Waals surface area contributed by atoms with Gasteiger partial charge in [-0.1, -0.05) is 128 Å². The van der Waals surface area contributed by atoms with Crippen molar-refractivity contribution in [2.24, 2.45) is 0 Å². The van der Waals surface area contributed by atoms with E-state index in [1.165, 1.54) is 77.0 Å². The largest absolute Gasteiger partial charge is 2.00 e. The molecular weight excluding hydrogens is 583 g/mol. The topological polar surface area (TPSA) is 36.9 Å². The standard InChI is InChI=1S/2C12H27O2PS2.Ca/c2*1-3-5-7-9-11-13-15(16,17)14-12-10-8-6-4-2;/h2*3-12H2,1-2H3,(H,16,17);/q;;+2/p-2. The number of hydrogen-bond acceptors (Lipinski definition) is 8. The molecule has 0 unspecified atom stereocenters. The van der Waals surface area contributed by atoms with Crippen LogP contribution in [-0.4, -0.2) is 64.2 Å². The third kappa shape index (κ3) is 37.1. The Bertz CT molecular complexity index is 440. The minimum absolute atomic E-state index is 0. The van der Waals surface area contributed by atoms with E-state index in [1.54, 1.807) is 0 Å². The second kappa shape index (κ2) is 31.6. The van der Waals surface area contributed by atoms with E-state index in [2.05, 4.69) is 27.7 Å². The summed E-state index contributed by atoms with van der Waals surface area (Å²) in [7, 11) is 0. The fourth-order valence-electron chi connectivity index (χ4n) is 2.90. The molecule has 0 aliphatic heterocycles. The first kappa shape index (κ1) is 42.6.